The van der Waals surface area contributed by atoms with E-state index in [2.05, 4.69) is 4.90 Å². The minimum atomic E-state index is -3.77. The highest BCUT2D eigenvalue weighted by Crippen LogP contribution is 2.33. The number of morpholine rings is 1. The van der Waals surface area contributed by atoms with Gasteiger partial charge < -0.3 is 9.64 Å². The molecule has 4 rings (SSSR count). The number of ether oxygens (including phenoxy) is 1. The molecule has 2 saturated heterocycles. The van der Waals surface area contributed by atoms with Crippen molar-refractivity contribution in [3.05, 3.63) is 28.3 Å². The van der Waals surface area contributed by atoms with E-state index in [9.17, 15) is 18.5 Å². The SMILES string of the molecule is O=[N+]([O-])c1cc(S(=O)(=O)N2CCOCC2)ccc1N1CCN(CC2CCCCC2)CC1. The van der Waals surface area contributed by atoms with Crippen LogP contribution in [0.1, 0.15) is 32.1 Å². The summed E-state index contributed by atoms with van der Waals surface area (Å²) < 4.78 is 32.4. The minimum absolute atomic E-state index is 0.0271. The van der Waals surface area contributed by atoms with Crippen molar-refractivity contribution >= 4 is 21.4 Å². The Kier molecular flexibility index (Phi) is 7.10. The summed E-state index contributed by atoms with van der Waals surface area (Å²) in [5.41, 5.74) is 0.360. The van der Waals surface area contributed by atoms with Crippen LogP contribution in [0.4, 0.5) is 11.4 Å². The molecular formula is C21H32N4O5S. The Bertz CT molecular complexity index is 874. The van der Waals surface area contributed by atoms with E-state index in [-0.39, 0.29) is 23.7 Å². The Morgan fingerprint density at radius 1 is 1.00 bits per heavy atom. The van der Waals surface area contributed by atoms with Crippen molar-refractivity contribution in [1.82, 2.24) is 9.21 Å². The third-order valence-electron chi connectivity index (χ3n) is 6.71. The van der Waals surface area contributed by atoms with Gasteiger partial charge in [-0.25, -0.2) is 8.42 Å². The first kappa shape index (κ1) is 22.4. The Morgan fingerprint density at radius 2 is 1.68 bits per heavy atom. The second kappa shape index (κ2) is 9.81. The number of benzene rings is 1. The Balaban J connectivity index is 1.45. The van der Waals surface area contributed by atoms with Gasteiger partial charge in [-0.15, -0.1) is 0 Å². The van der Waals surface area contributed by atoms with Gasteiger partial charge in [-0.2, -0.15) is 4.31 Å². The summed E-state index contributed by atoms with van der Waals surface area (Å²) in [6.07, 6.45) is 6.63. The summed E-state index contributed by atoms with van der Waals surface area (Å²) in [4.78, 5) is 15.8. The normalized spacial score (nSPS) is 22.5. The lowest BCUT2D eigenvalue weighted by Crippen LogP contribution is -2.48. The molecule has 0 unspecified atom stereocenters. The van der Waals surface area contributed by atoms with Crippen LogP contribution in [0.5, 0.6) is 0 Å². The van der Waals surface area contributed by atoms with E-state index in [0.29, 0.717) is 32.0 Å². The lowest BCUT2D eigenvalue weighted by atomic mass is 9.89. The quantitative estimate of drug-likeness (QED) is 0.483. The van der Waals surface area contributed by atoms with Gasteiger partial charge in [0.25, 0.3) is 5.69 Å². The number of piperazine rings is 1. The number of nitro groups is 1. The third-order valence-corrected chi connectivity index (χ3v) is 8.60. The zero-order chi connectivity index (χ0) is 21.8. The molecule has 3 fully saturated rings. The van der Waals surface area contributed by atoms with Crippen molar-refractivity contribution in [3.8, 4) is 0 Å². The van der Waals surface area contributed by atoms with Crippen molar-refractivity contribution in [2.24, 2.45) is 5.92 Å². The topological polar surface area (TPSA) is 96.2 Å². The van der Waals surface area contributed by atoms with E-state index < -0.39 is 14.9 Å². The summed E-state index contributed by atoms with van der Waals surface area (Å²) in [5, 5.41) is 11.8. The average Bonchev–Trinajstić information content (AvgIpc) is 2.80. The van der Waals surface area contributed by atoms with Gasteiger partial charge in [0, 0.05) is 51.9 Å². The molecule has 0 N–H and O–H groups in total. The van der Waals surface area contributed by atoms with Gasteiger partial charge in [0.2, 0.25) is 10.0 Å². The van der Waals surface area contributed by atoms with Gasteiger partial charge >= 0.3 is 0 Å². The molecule has 172 valence electrons. The smallest absolute Gasteiger partial charge is 0.293 e. The first-order chi connectivity index (χ1) is 14.9. The Morgan fingerprint density at radius 3 is 2.32 bits per heavy atom. The Hall–Kier alpha value is -1.75. The zero-order valence-electron chi connectivity index (χ0n) is 17.9. The summed E-state index contributed by atoms with van der Waals surface area (Å²) >= 11 is 0. The summed E-state index contributed by atoms with van der Waals surface area (Å²) in [6.45, 7) is 5.50. The van der Waals surface area contributed by atoms with Crippen LogP contribution >= 0.6 is 0 Å². The lowest BCUT2D eigenvalue weighted by Gasteiger charge is -2.38. The van der Waals surface area contributed by atoms with Crippen molar-refractivity contribution in [3.63, 3.8) is 0 Å². The van der Waals surface area contributed by atoms with E-state index in [1.165, 1.54) is 48.5 Å². The molecule has 0 bridgehead atoms. The maximum Gasteiger partial charge on any atom is 0.293 e. The molecule has 1 aliphatic carbocycles. The fraction of sp³-hybridized carbons (Fsp3) is 0.714. The molecule has 0 spiro atoms. The molecule has 2 aliphatic heterocycles. The monoisotopic (exact) mass is 452 g/mol. The second-order valence-electron chi connectivity index (χ2n) is 8.72. The van der Waals surface area contributed by atoms with Crippen molar-refractivity contribution in [2.45, 2.75) is 37.0 Å². The molecule has 9 nitrogen and oxygen atoms in total. The van der Waals surface area contributed by atoms with Crippen LogP contribution in [0.2, 0.25) is 0 Å². The number of rotatable bonds is 6. The molecule has 1 aromatic carbocycles. The summed E-state index contributed by atoms with van der Waals surface area (Å²) in [6, 6.07) is 4.32. The predicted molar refractivity (Wildman–Crippen MR) is 118 cm³/mol. The van der Waals surface area contributed by atoms with Gasteiger partial charge in [-0.3, -0.25) is 15.0 Å². The molecule has 3 aliphatic rings. The highest BCUT2D eigenvalue weighted by molar-refractivity contribution is 7.89. The number of nitro benzene ring substituents is 1. The van der Waals surface area contributed by atoms with Crippen molar-refractivity contribution in [1.29, 1.82) is 0 Å². The molecule has 1 aromatic rings. The second-order valence-corrected chi connectivity index (χ2v) is 10.7. The Labute approximate surface area is 184 Å². The predicted octanol–water partition coefficient (Wildman–Crippen LogP) is 2.32. The van der Waals surface area contributed by atoms with Crippen molar-refractivity contribution < 1.29 is 18.1 Å². The number of sulfonamides is 1. The molecule has 0 aromatic heterocycles. The first-order valence-corrected chi connectivity index (χ1v) is 12.7. The first-order valence-electron chi connectivity index (χ1n) is 11.3. The highest BCUT2D eigenvalue weighted by Gasteiger charge is 2.31. The van der Waals surface area contributed by atoms with E-state index in [4.69, 9.17) is 4.74 Å². The lowest BCUT2D eigenvalue weighted by molar-refractivity contribution is -0.384. The zero-order valence-corrected chi connectivity index (χ0v) is 18.8. The van der Waals surface area contributed by atoms with Gasteiger partial charge in [0.05, 0.1) is 23.0 Å². The van der Waals surface area contributed by atoms with Crippen LogP contribution in [0, 0.1) is 16.0 Å². The number of nitrogens with zero attached hydrogens (tertiary/aromatic N) is 4. The van der Waals surface area contributed by atoms with Gasteiger partial charge in [0.1, 0.15) is 5.69 Å². The molecule has 0 atom stereocenters. The molecule has 31 heavy (non-hydrogen) atoms. The van der Waals surface area contributed by atoms with Crippen molar-refractivity contribution in [2.75, 3.05) is 63.9 Å². The van der Waals surface area contributed by atoms with Crippen LogP contribution in [0.3, 0.4) is 0 Å². The van der Waals surface area contributed by atoms with E-state index in [0.717, 1.165) is 25.6 Å². The van der Waals surface area contributed by atoms with Gasteiger partial charge in [-0.1, -0.05) is 19.3 Å². The minimum Gasteiger partial charge on any atom is -0.379 e. The van der Waals surface area contributed by atoms with Crippen LogP contribution in [-0.2, 0) is 14.8 Å². The number of hydrogen-bond acceptors (Lipinski definition) is 7. The largest absolute Gasteiger partial charge is 0.379 e. The molecular weight excluding hydrogens is 420 g/mol. The summed E-state index contributed by atoms with van der Waals surface area (Å²) in [7, 11) is -3.77. The summed E-state index contributed by atoms with van der Waals surface area (Å²) in [5.74, 6) is 0.777. The number of hydrogen-bond donors (Lipinski definition) is 0. The fourth-order valence-electron chi connectivity index (χ4n) is 4.92. The molecule has 10 heteroatoms. The van der Waals surface area contributed by atoms with Crippen LogP contribution in [0.25, 0.3) is 0 Å². The third kappa shape index (κ3) is 5.19. The molecule has 0 amide bonds. The van der Waals surface area contributed by atoms with E-state index >= 15 is 0 Å². The maximum atomic E-state index is 12.9. The van der Waals surface area contributed by atoms with E-state index in [1.54, 1.807) is 6.07 Å². The van der Waals surface area contributed by atoms with Crippen LogP contribution in [0.15, 0.2) is 23.1 Å². The number of anilines is 1. The van der Waals surface area contributed by atoms with Gasteiger partial charge in [-0.05, 0) is 30.9 Å². The standard InChI is InChI=1S/C21H32N4O5S/c26-25(27)21-16-19(31(28,29)24-12-14-30-15-13-24)6-7-20(21)23-10-8-22(9-11-23)17-18-4-2-1-3-5-18/h6-7,16,18H,1-5,8-15,17H2. The fourth-order valence-corrected chi connectivity index (χ4v) is 6.35. The molecule has 2 heterocycles. The van der Waals surface area contributed by atoms with Gasteiger partial charge in [0.15, 0.2) is 0 Å². The van der Waals surface area contributed by atoms with E-state index in [1.807, 2.05) is 4.90 Å². The van der Waals surface area contributed by atoms with Crippen LogP contribution in [-0.4, -0.2) is 81.6 Å². The van der Waals surface area contributed by atoms with Crippen LogP contribution < -0.4 is 4.90 Å². The molecule has 0 radical (unpaired) electrons. The maximum absolute atomic E-state index is 12.9. The molecule has 1 saturated carbocycles. The average molecular weight is 453 g/mol. The highest BCUT2D eigenvalue weighted by atomic mass is 32.2.